The van der Waals surface area contributed by atoms with Gasteiger partial charge >= 0.3 is 0 Å². The van der Waals surface area contributed by atoms with E-state index in [0.717, 1.165) is 6.42 Å². The van der Waals surface area contributed by atoms with Crippen LogP contribution in [0.2, 0.25) is 0 Å². The molecule has 0 saturated heterocycles. The normalized spacial score (nSPS) is 24.6. The predicted octanol–water partition coefficient (Wildman–Crippen LogP) is 1.13. The van der Waals surface area contributed by atoms with Crippen molar-refractivity contribution < 1.29 is 0 Å². The van der Waals surface area contributed by atoms with E-state index in [-0.39, 0.29) is 5.54 Å². The molecule has 0 radical (unpaired) electrons. The molecule has 8 heavy (non-hydrogen) atoms. The van der Waals surface area contributed by atoms with Gasteiger partial charge in [-0.3, -0.25) is 0 Å². The number of hydrogen-bond acceptors (Lipinski definition) is 2. The third-order valence-corrected chi connectivity index (χ3v) is 1.25. The molecule has 46 valence electrons. The third-order valence-electron chi connectivity index (χ3n) is 1.25. The van der Waals surface area contributed by atoms with Gasteiger partial charge in [-0.2, -0.15) is 5.10 Å². The zero-order chi connectivity index (χ0) is 6.20. The van der Waals surface area contributed by atoms with Crippen molar-refractivity contribution in [2.24, 2.45) is 5.10 Å². The lowest BCUT2D eigenvalue weighted by Crippen LogP contribution is -2.30. The summed E-state index contributed by atoms with van der Waals surface area (Å²) in [7, 11) is 0. The second-order valence-corrected chi connectivity index (χ2v) is 3.02. The zero-order valence-electron chi connectivity index (χ0n) is 5.65. The van der Waals surface area contributed by atoms with Gasteiger partial charge in [0.2, 0.25) is 0 Å². The molecule has 0 fully saturated rings. The highest BCUT2D eigenvalue weighted by Gasteiger charge is 2.22. The smallest absolute Gasteiger partial charge is 0.0545 e. The molecule has 0 aromatic heterocycles. The van der Waals surface area contributed by atoms with Crippen LogP contribution in [-0.2, 0) is 0 Å². The highest BCUT2D eigenvalue weighted by molar-refractivity contribution is 5.84. The summed E-state index contributed by atoms with van der Waals surface area (Å²) in [6.45, 7) is 6.34. The Hall–Kier alpha value is -0.530. The first-order valence-corrected chi connectivity index (χ1v) is 2.90. The van der Waals surface area contributed by atoms with Gasteiger partial charge in [0.15, 0.2) is 0 Å². The lowest BCUT2D eigenvalue weighted by atomic mass is 10.0. The molecule has 2 nitrogen and oxygen atoms in total. The molecule has 0 atom stereocenters. The summed E-state index contributed by atoms with van der Waals surface area (Å²) >= 11 is 0. The maximum Gasteiger partial charge on any atom is 0.0545 e. The summed E-state index contributed by atoms with van der Waals surface area (Å²) in [5, 5.41) is 4.06. The van der Waals surface area contributed by atoms with E-state index in [9.17, 15) is 0 Å². The van der Waals surface area contributed by atoms with Crippen molar-refractivity contribution in [3.63, 3.8) is 0 Å². The van der Waals surface area contributed by atoms with Crippen molar-refractivity contribution in [3.05, 3.63) is 0 Å². The van der Waals surface area contributed by atoms with E-state index in [2.05, 4.69) is 24.4 Å². The third kappa shape index (κ3) is 0.997. The molecular weight excluding hydrogens is 100 g/mol. The monoisotopic (exact) mass is 112 g/mol. The second-order valence-electron chi connectivity index (χ2n) is 3.02. The maximum absolute atomic E-state index is 4.06. The number of hydrogen-bond donors (Lipinski definition) is 1. The highest BCUT2D eigenvalue weighted by atomic mass is 15.3. The van der Waals surface area contributed by atoms with Gasteiger partial charge in [0.05, 0.1) is 5.54 Å². The van der Waals surface area contributed by atoms with Gasteiger partial charge in [0.25, 0.3) is 0 Å². The fraction of sp³-hybridized carbons (Fsp3) is 0.833. The molecule has 0 spiro atoms. The SMILES string of the molecule is CC1=NNC(C)(C)C1. The molecule has 0 unspecified atom stereocenters. The molecule has 0 aromatic carbocycles. The topological polar surface area (TPSA) is 24.4 Å². The number of hydrazone groups is 1. The van der Waals surface area contributed by atoms with E-state index in [1.807, 2.05) is 6.92 Å². The standard InChI is InChI=1S/C6H12N2/c1-5-4-6(2,3)8-7-5/h8H,4H2,1-3H3. The highest BCUT2D eigenvalue weighted by Crippen LogP contribution is 2.14. The van der Waals surface area contributed by atoms with Gasteiger partial charge in [0.1, 0.15) is 0 Å². The van der Waals surface area contributed by atoms with Crippen LogP contribution in [0.3, 0.4) is 0 Å². The minimum absolute atomic E-state index is 0.212. The first-order chi connectivity index (χ1) is 3.60. The molecular formula is C6H12N2. The van der Waals surface area contributed by atoms with E-state index in [1.54, 1.807) is 0 Å². The first-order valence-electron chi connectivity index (χ1n) is 2.90. The van der Waals surface area contributed by atoms with Crippen LogP contribution in [-0.4, -0.2) is 11.3 Å². The molecule has 0 saturated carbocycles. The van der Waals surface area contributed by atoms with E-state index in [4.69, 9.17) is 0 Å². The van der Waals surface area contributed by atoms with Crippen LogP contribution in [0.5, 0.6) is 0 Å². The van der Waals surface area contributed by atoms with Crippen LogP contribution in [0.25, 0.3) is 0 Å². The molecule has 0 aliphatic carbocycles. The fourth-order valence-corrected chi connectivity index (χ4v) is 0.965. The van der Waals surface area contributed by atoms with Crippen LogP contribution in [0.15, 0.2) is 5.10 Å². The van der Waals surface area contributed by atoms with Gasteiger partial charge < -0.3 is 5.43 Å². The summed E-state index contributed by atoms with van der Waals surface area (Å²) in [6, 6.07) is 0. The largest absolute Gasteiger partial charge is 0.304 e. The van der Waals surface area contributed by atoms with Crippen LogP contribution >= 0.6 is 0 Å². The lowest BCUT2D eigenvalue weighted by Gasteiger charge is -2.15. The summed E-state index contributed by atoms with van der Waals surface area (Å²) in [5.74, 6) is 0. The fourth-order valence-electron chi connectivity index (χ4n) is 0.965. The Labute approximate surface area is 50.0 Å². The first kappa shape index (κ1) is 5.60. The predicted molar refractivity (Wildman–Crippen MR) is 34.9 cm³/mol. The van der Waals surface area contributed by atoms with E-state index in [0.29, 0.717) is 0 Å². The molecule has 0 aromatic rings. The summed E-state index contributed by atoms with van der Waals surface area (Å²) < 4.78 is 0. The van der Waals surface area contributed by atoms with Gasteiger partial charge in [0, 0.05) is 12.1 Å². The molecule has 1 N–H and O–H groups in total. The Balaban J connectivity index is 2.55. The summed E-state index contributed by atoms with van der Waals surface area (Å²) in [6.07, 6.45) is 1.08. The molecule has 1 aliphatic rings. The molecule has 1 aliphatic heterocycles. The van der Waals surface area contributed by atoms with Crippen molar-refractivity contribution in [2.45, 2.75) is 32.7 Å². The Kier molecular flexibility index (Phi) is 1.03. The number of nitrogens with one attached hydrogen (secondary N) is 1. The van der Waals surface area contributed by atoms with Crippen LogP contribution in [0.1, 0.15) is 27.2 Å². The van der Waals surface area contributed by atoms with Crippen LogP contribution < -0.4 is 5.43 Å². The summed E-state index contributed by atoms with van der Waals surface area (Å²) in [5.41, 5.74) is 4.45. The van der Waals surface area contributed by atoms with Gasteiger partial charge in [-0.25, -0.2) is 0 Å². The van der Waals surface area contributed by atoms with Crippen LogP contribution in [0, 0.1) is 0 Å². The van der Waals surface area contributed by atoms with Crippen LogP contribution in [0.4, 0.5) is 0 Å². The Morgan fingerprint density at radius 3 is 2.38 bits per heavy atom. The average molecular weight is 112 g/mol. The Morgan fingerprint density at radius 1 is 1.62 bits per heavy atom. The Bertz CT molecular complexity index is 124. The molecule has 1 rings (SSSR count). The quantitative estimate of drug-likeness (QED) is 0.499. The van der Waals surface area contributed by atoms with E-state index in [1.165, 1.54) is 5.71 Å². The molecule has 0 amide bonds. The summed E-state index contributed by atoms with van der Waals surface area (Å²) in [4.78, 5) is 0. The van der Waals surface area contributed by atoms with Crippen molar-refractivity contribution in [3.8, 4) is 0 Å². The molecule has 2 heteroatoms. The van der Waals surface area contributed by atoms with Crippen molar-refractivity contribution in [1.29, 1.82) is 0 Å². The minimum atomic E-state index is 0.212. The molecule has 1 heterocycles. The zero-order valence-corrected chi connectivity index (χ0v) is 5.65. The van der Waals surface area contributed by atoms with Gasteiger partial charge in [-0.15, -0.1) is 0 Å². The van der Waals surface area contributed by atoms with Gasteiger partial charge in [-0.05, 0) is 20.8 Å². The van der Waals surface area contributed by atoms with Crippen molar-refractivity contribution in [2.75, 3.05) is 0 Å². The molecule has 0 bridgehead atoms. The average Bonchev–Trinajstić information content (AvgIpc) is 1.82. The van der Waals surface area contributed by atoms with E-state index < -0.39 is 0 Å². The van der Waals surface area contributed by atoms with Crippen molar-refractivity contribution >= 4 is 5.71 Å². The second kappa shape index (κ2) is 1.47. The number of nitrogens with zero attached hydrogens (tertiary/aromatic N) is 1. The van der Waals surface area contributed by atoms with Gasteiger partial charge in [-0.1, -0.05) is 0 Å². The lowest BCUT2D eigenvalue weighted by molar-refractivity contribution is 0.446. The minimum Gasteiger partial charge on any atom is -0.304 e. The van der Waals surface area contributed by atoms with E-state index >= 15 is 0 Å². The Morgan fingerprint density at radius 2 is 2.25 bits per heavy atom. The number of rotatable bonds is 0. The maximum atomic E-state index is 4.06. The van der Waals surface area contributed by atoms with Crippen molar-refractivity contribution in [1.82, 2.24) is 5.43 Å².